The van der Waals surface area contributed by atoms with Gasteiger partial charge in [-0.25, -0.2) is 0 Å². The third-order valence-corrected chi connectivity index (χ3v) is 2.76. The van der Waals surface area contributed by atoms with E-state index in [1.165, 1.54) is 16.7 Å². The largest absolute Gasteiger partial charge is 1.00 e. The first-order valence-corrected chi connectivity index (χ1v) is 5.46. The second-order valence-corrected chi connectivity index (χ2v) is 5.02. The van der Waals surface area contributed by atoms with E-state index in [1.807, 2.05) is 0 Å². The third kappa shape index (κ3) is 2.91. The Balaban J connectivity index is 0.00000128. The van der Waals surface area contributed by atoms with Crippen LogP contribution in [-0.2, 0) is 5.41 Å². The molecule has 0 aliphatic heterocycles. The van der Waals surface area contributed by atoms with Gasteiger partial charge in [-0.3, -0.25) is 0 Å². The van der Waals surface area contributed by atoms with E-state index >= 15 is 0 Å². The van der Waals surface area contributed by atoms with Crippen LogP contribution in [0.1, 0.15) is 38.3 Å². The Labute approximate surface area is 111 Å². The maximum absolute atomic E-state index is 3.34. The Bertz CT molecular complexity index is 402. The minimum atomic E-state index is 0. The van der Waals surface area contributed by atoms with Crippen LogP contribution in [0.4, 0.5) is 0 Å². The molecule has 0 unspecified atom stereocenters. The predicted octanol–water partition coefficient (Wildman–Crippen LogP) is 1.13. The van der Waals surface area contributed by atoms with Gasteiger partial charge in [-0.1, -0.05) is 39.3 Å². The predicted molar refractivity (Wildman–Crippen MR) is 65.5 cm³/mol. The van der Waals surface area contributed by atoms with Crippen LogP contribution in [0.2, 0.25) is 0 Å². The maximum atomic E-state index is 3.34. The fraction of sp³-hybridized carbons (Fsp3) is 0.333. The van der Waals surface area contributed by atoms with Gasteiger partial charge in [0.1, 0.15) is 0 Å². The smallest absolute Gasteiger partial charge is 0.197 e. The Kier molecular flexibility index (Phi) is 4.25. The molecule has 0 heterocycles. The van der Waals surface area contributed by atoms with Crippen LogP contribution >= 0.6 is 0 Å². The standard InChI is InChI=1S/C15H17.Li/c1-15(2,3)14-10-8-13(9-11-14)12-6-4-5-7-12;/h4,6,8-11H,5H2,1-3H3;/q-1;+1. The van der Waals surface area contributed by atoms with Crippen molar-refractivity contribution in [1.29, 1.82) is 0 Å². The molecule has 1 heteroatoms. The summed E-state index contributed by atoms with van der Waals surface area (Å²) in [7, 11) is 0. The summed E-state index contributed by atoms with van der Waals surface area (Å²) in [6.45, 7) is 6.72. The molecule has 0 spiro atoms. The molecule has 1 aromatic carbocycles. The summed E-state index contributed by atoms with van der Waals surface area (Å²) in [4.78, 5) is 0. The molecule has 0 radical (unpaired) electrons. The number of hydrogen-bond acceptors (Lipinski definition) is 0. The molecular weight excluding hydrogens is 187 g/mol. The molecular formula is C15H17Li. The van der Waals surface area contributed by atoms with Crippen LogP contribution in [0.3, 0.4) is 0 Å². The molecule has 0 bridgehead atoms. The van der Waals surface area contributed by atoms with Crippen molar-refractivity contribution in [1.82, 2.24) is 0 Å². The van der Waals surface area contributed by atoms with Crippen LogP contribution in [0, 0.1) is 6.08 Å². The maximum Gasteiger partial charge on any atom is 1.00 e. The van der Waals surface area contributed by atoms with E-state index in [1.54, 1.807) is 0 Å². The van der Waals surface area contributed by atoms with Gasteiger partial charge in [0.2, 0.25) is 0 Å². The van der Waals surface area contributed by atoms with Crippen molar-refractivity contribution in [3.63, 3.8) is 0 Å². The Morgan fingerprint density at radius 1 is 1.06 bits per heavy atom. The topological polar surface area (TPSA) is 0 Å². The molecule has 1 aliphatic rings. The summed E-state index contributed by atoms with van der Waals surface area (Å²) >= 11 is 0. The van der Waals surface area contributed by atoms with Gasteiger partial charge in [-0.05, 0) is 11.0 Å². The molecule has 0 amide bonds. The summed E-state index contributed by atoms with van der Waals surface area (Å²) in [6.07, 6.45) is 8.58. The summed E-state index contributed by atoms with van der Waals surface area (Å²) in [6, 6.07) is 8.82. The van der Waals surface area contributed by atoms with Crippen LogP contribution in [0.25, 0.3) is 5.57 Å². The molecule has 1 aliphatic carbocycles. The Morgan fingerprint density at radius 2 is 1.69 bits per heavy atom. The molecule has 0 N–H and O–H groups in total. The Hall–Kier alpha value is -0.703. The molecule has 0 fully saturated rings. The van der Waals surface area contributed by atoms with Crippen molar-refractivity contribution in [2.75, 3.05) is 0 Å². The van der Waals surface area contributed by atoms with Crippen LogP contribution < -0.4 is 18.9 Å². The molecule has 1 aromatic rings. The number of hydrogen-bond donors (Lipinski definition) is 0. The number of benzene rings is 1. The summed E-state index contributed by atoms with van der Waals surface area (Å²) in [5, 5.41) is 0. The van der Waals surface area contributed by atoms with Gasteiger partial charge < -0.3 is 0 Å². The second-order valence-electron chi connectivity index (χ2n) is 5.02. The first-order valence-electron chi connectivity index (χ1n) is 5.46. The SMILES string of the molecule is CC(C)(C)c1ccc(C2=[C-]CC=C2)cc1.[Li+]. The zero-order valence-electron chi connectivity index (χ0n) is 10.7. The minimum Gasteiger partial charge on any atom is -0.197 e. The molecule has 0 nitrogen and oxygen atoms in total. The first kappa shape index (κ1) is 13.4. The van der Waals surface area contributed by atoms with Crippen molar-refractivity contribution in [2.24, 2.45) is 0 Å². The first-order chi connectivity index (χ1) is 7.07. The van der Waals surface area contributed by atoms with Gasteiger partial charge >= 0.3 is 18.9 Å². The molecule has 2 rings (SSSR count). The van der Waals surface area contributed by atoms with Gasteiger partial charge in [-0.2, -0.15) is 17.7 Å². The van der Waals surface area contributed by atoms with E-state index in [2.05, 4.69) is 63.3 Å². The number of rotatable bonds is 1. The van der Waals surface area contributed by atoms with Crippen LogP contribution in [-0.4, -0.2) is 0 Å². The Morgan fingerprint density at radius 3 is 2.12 bits per heavy atom. The van der Waals surface area contributed by atoms with Crippen molar-refractivity contribution >= 4 is 5.57 Å². The summed E-state index contributed by atoms with van der Waals surface area (Å²) < 4.78 is 0. The zero-order chi connectivity index (χ0) is 10.9. The zero-order valence-corrected chi connectivity index (χ0v) is 10.7. The average Bonchev–Trinajstić information content (AvgIpc) is 2.69. The van der Waals surface area contributed by atoms with Crippen molar-refractivity contribution < 1.29 is 18.9 Å². The van der Waals surface area contributed by atoms with Gasteiger partial charge in [0.25, 0.3) is 0 Å². The van der Waals surface area contributed by atoms with E-state index in [-0.39, 0.29) is 24.3 Å². The molecule has 0 saturated heterocycles. The molecule has 0 saturated carbocycles. The molecule has 0 atom stereocenters. The second kappa shape index (κ2) is 5.08. The van der Waals surface area contributed by atoms with E-state index in [4.69, 9.17) is 0 Å². The van der Waals surface area contributed by atoms with Crippen LogP contribution in [0.15, 0.2) is 36.4 Å². The van der Waals surface area contributed by atoms with E-state index in [9.17, 15) is 0 Å². The fourth-order valence-electron chi connectivity index (χ4n) is 1.75. The van der Waals surface area contributed by atoms with Crippen molar-refractivity contribution in [3.8, 4) is 0 Å². The number of allylic oxidation sites excluding steroid dienone is 4. The molecule has 78 valence electrons. The van der Waals surface area contributed by atoms with Crippen molar-refractivity contribution in [3.05, 3.63) is 53.6 Å². The fourth-order valence-corrected chi connectivity index (χ4v) is 1.75. The third-order valence-electron chi connectivity index (χ3n) is 2.76. The van der Waals surface area contributed by atoms with Gasteiger partial charge in [0.15, 0.2) is 0 Å². The van der Waals surface area contributed by atoms with E-state index < -0.39 is 0 Å². The monoisotopic (exact) mass is 204 g/mol. The van der Waals surface area contributed by atoms with Crippen molar-refractivity contribution in [2.45, 2.75) is 32.6 Å². The summed E-state index contributed by atoms with van der Waals surface area (Å²) in [5.41, 5.74) is 4.13. The van der Waals surface area contributed by atoms with E-state index in [0.29, 0.717) is 0 Å². The van der Waals surface area contributed by atoms with Crippen LogP contribution in [0.5, 0.6) is 0 Å². The van der Waals surface area contributed by atoms with E-state index in [0.717, 1.165) is 6.42 Å². The normalized spacial score (nSPS) is 14.6. The van der Waals surface area contributed by atoms with Gasteiger partial charge in [-0.15, -0.1) is 23.8 Å². The van der Waals surface area contributed by atoms with Gasteiger partial charge in [0, 0.05) is 0 Å². The average molecular weight is 204 g/mol. The summed E-state index contributed by atoms with van der Waals surface area (Å²) in [5.74, 6) is 0. The molecule has 0 aromatic heterocycles. The quantitative estimate of drug-likeness (QED) is 0.475. The minimum absolute atomic E-state index is 0. The van der Waals surface area contributed by atoms with Gasteiger partial charge in [0.05, 0.1) is 0 Å². The molecule has 16 heavy (non-hydrogen) atoms.